The number of aliphatic hydroxyl groups excluding tert-OH is 1. The van der Waals surface area contributed by atoms with E-state index in [1.165, 1.54) is 0 Å². The number of likely N-dealkylation sites (N-methyl/N-ethyl adjacent to an activating group) is 1. The van der Waals surface area contributed by atoms with Gasteiger partial charge in [0, 0.05) is 37.9 Å². The number of rotatable bonds is 3. The van der Waals surface area contributed by atoms with Crippen LogP contribution in [0, 0.1) is 0 Å². The quantitative estimate of drug-likeness (QED) is 0.934. The number of nitrogens with zero attached hydrogens (tertiary/aromatic N) is 3. The minimum absolute atomic E-state index is 0.611. The van der Waals surface area contributed by atoms with Gasteiger partial charge in [-0.25, -0.2) is 4.98 Å². The Morgan fingerprint density at radius 1 is 0.952 bits per heavy atom. The van der Waals surface area contributed by atoms with Crippen molar-refractivity contribution >= 4 is 5.82 Å². The van der Waals surface area contributed by atoms with Crippen LogP contribution in [-0.4, -0.2) is 48.2 Å². The van der Waals surface area contributed by atoms with Crippen LogP contribution < -0.4 is 4.90 Å². The summed E-state index contributed by atoms with van der Waals surface area (Å²) in [6, 6.07) is 13.7. The molecule has 0 aliphatic carbocycles. The van der Waals surface area contributed by atoms with Crippen LogP contribution >= 0.6 is 0 Å². The first kappa shape index (κ1) is 14.0. The highest BCUT2D eigenvalue weighted by Gasteiger charge is 2.16. The standard InChI is InChI=1S/C17H21N3O/c1-19-9-11-20(12-10-19)16-8-7-15(13-18-16)17(21)14-5-3-2-4-6-14/h2-8,13,17,21H,9-12H2,1H3/t17-/m0/s1. The first-order valence-electron chi connectivity index (χ1n) is 7.36. The van der Waals surface area contributed by atoms with E-state index in [-0.39, 0.29) is 0 Å². The van der Waals surface area contributed by atoms with E-state index in [1.54, 1.807) is 6.20 Å². The molecule has 1 aromatic carbocycles. The van der Waals surface area contributed by atoms with Gasteiger partial charge in [-0.05, 0) is 18.7 Å². The number of hydrogen-bond acceptors (Lipinski definition) is 4. The lowest BCUT2D eigenvalue weighted by Crippen LogP contribution is -2.44. The van der Waals surface area contributed by atoms with Gasteiger partial charge in [-0.3, -0.25) is 0 Å². The molecule has 4 heteroatoms. The van der Waals surface area contributed by atoms with Crippen LogP contribution in [-0.2, 0) is 0 Å². The highest BCUT2D eigenvalue weighted by atomic mass is 16.3. The van der Waals surface area contributed by atoms with Gasteiger partial charge in [0.15, 0.2) is 0 Å². The molecule has 1 N–H and O–H groups in total. The fourth-order valence-corrected chi connectivity index (χ4v) is 2.61. The van der Waals surface area contributed by atoms with E-state index in [2.05, 4.69) is 21.8 Å². The van der Waals surface area contributed by atoms with E-state index >= 15 is 0 Å². The fourth-order valence-electron chi connectivity index (χ4n) is 2.61. The highest BCUT2D eigenvalue weighted by molar-refractivity contribution is 5.41. The summed E-state index contributed by atoms with van der Waals surface area (Å²) >= 11 is 0. The summed E-state index contributed by atoms with van der Waals surface area (Å²) in [7, 11) is 2.14. The van der Waals surface area contributed by atoms with Crippen molar-refractivity contribution in [2.24, 2.45) is 0 Å². The Labute approximate surface area is 125 Å². The summed E-state index contributed by atoms with van der Waals surface area (Å²) in [5, 5.41) is 10.4. The molecule has 1 aliphatic heterocycles. The van der Waals surface area contributed by atoms with Crippen LogP contribution in [0.4, 0.5) is 5.82 Å². The van der Waals surface area contributed by atoms with Crippen molar-refractivity contribution in [2.75, 3.05) is 38.1 Å². The molecule has 0 saturated carbocycles. The lowest BCUT2D eigenvalue weighted by molar-refractivity contribution is 0.220. The molecular formula is C17H21N3O. The molecule has 1 fully saturated rings. The van der Waals surface area contributed by atoms with E-state index < -0.39 is 6.10 Å². The molecule has 2 aromatic rings. The van der Waals surface area contributed by atoms with Gasteiger partial charge in [0.2, 0.25) is 0 Å². The normalized spacial score (nSPS) is 17.7. The van der Waals surface area contributed by atoms with Crippen molar-refractivity contribution in [1.82, 2.24) is 9.88 Å². The van der Waals surface area contributed by atoms with Crippen LogP contribution in [0.5, 0.6) is 0 Å². The molecule has 2 heterocycles. The number of hydrogen-bond donors (Lipinski definition) is 1. The Hall–Kier alpha value is -1.91. The van der Waals surface area contributed by atoms with Crippen molar-refractivity contribution in [1.29, 1.82) is 0 Å². The monoisotopic (exact) mass is 283 g/mol. The minimum atomic E-state index is -0.611. The van der Waals surface area contributed by atoms with E-state index in [0.29, 0.717) is 0 Å². The second kappa shape index (κ2) is 6.24. The van der Waals surface area contributed by atoms with Gasteiger partial charge in [0.05, 0.1) is 0 Å². The van der Waals surface area contributed by atoms with Crippen LogP contribution in [0.1, 0.15) is 17.2 Å². The molecular weight excluding hydrogens is 262 g/mol. The minimum Gasteiger partial charge on any atom is -0.384 e. The van der Waals surface area contributed by atoms with Gasteiger partial charge in [-0.15, -0.1) is 0 Å². The molecule has 0 amide bonds. The van der Waals surface area contributed by atoms with E-state index in [1.807, 2.05) is 42.5 Å². The smallest absolute Gasteiger partial charge is 0.128 e. The molecule has 0 radical (unpaired) electrons. The van der Waals surface area contributed by atoms with Gasteiger partial charge < -0.3 is 14.9 Å². The molecule has 110 valence electrons. The Bertz CT molecular complexity index is 562. The third-order valence-corrected chi connectivity index (χ3v) is 4.03. The second-order valence-corrected chi connectivity index (χ2v) is 5.55. The number of anilines is 1. The zero-order valence-corrected chi connectivity index (χ0v) is 12.3. The van der Waals surface area contributed by atoms with Crippen molar-refractivity contribution in [3.8, 4) is 0 Å². The van der Waals surface area contributed by atoms with Crippen LogP contribution in [0.25, 0.3) is 0 Å². The average Bonchev–Trinajstić information content (AvgIpc) is 2.56. The van der Waals surface area contributed by atoms with Crippen LogP contribution in [0.2, 0.25) is 0 Å². The first-order chi connectivity index (χ1) is 10.2. The zero-order valence-electron chi connectivity index (χ0n) is 12.3. The fraction of sp³-hybridized carbons (Fsp3) is 0.353. The molecule has 0 unspecified atom stereocenters. The number of pyridine rings is 1. The molecule has 1 aromatic heterocycles. The summed E-state index contributed by atoms with van der Waals surface area (Å²) in [6.45, 7) is 4.14. The predicted octanol–water partition coefficient (Wildman–Crippen LogP) is 1.92. The maximum Gasteiger partial charge on any atom is 0.128 e. The van der Waals surface area contributed by atoms with Crippen LogP contribution in [0.15, 0.2) is 48.7 Å². The molecule has 0 bridgehead atoms. The van der Waals surface area contributed by atoms with E-state index in [4.69, 9.17) is 0 Å². The zero-order chi connectivity index (χ0) is 14.7. The number of benzene rings is 1. The largest absolute Gasteiger partial charge is 0.384 e. The predicted molar refractivity (Wildman–Crippen MR) is 84.5 cm³/mol. The van der Waals surface area contributed by atoms with E-state index in [0.717, 1.165) is 43.1 Å². The van der Waals surface area contributed by atoms with Gasteiger partial charge in [-0.2, -0.15) is 0 Å². The molecule has 4 nitrogen and oxygen atoms in total. The lowest BCUT2D eigenvalue weighted by atomic mass is 10.0. The summed E-state index contributed by atoms with van der Waals surface area (Å²) in [5.41, 5.74) is 1.73. The molecule has 3 rings (SSSR count). The summed E-state index contributed by atoms with van der Waals surface area (Å²) in [5.74, 6) is 0.993. The number of aromatic nitrogens is 1. The molecule has 21 heavy (non-hydrogen) atoms. The SMILES string of the molecule is CN1CCN(c2ccc([C@@H](O)c3ccccc3)cn2)CC1. The average molecular weight is 283 g/mol. The Morgan fingerprint density at radius 3 is 2.29 bits per heavy atom. The Morgan fingerprint density at radius 2 is 1.67 bits per heavy atom. The number of piperazine rings is 1. The second-order valence-electron chi connectivity index (χ2n) is 5.55. The molecule has 1 atom stereocenters. The summed E-state index contributed by atoms with van der Waals surface area (Å²) in [4.78, 5) is 9.14. The number of aliphatic hydroxyl groups is 1. The Balaban J connectivity index is 1.72. The third-order valence-electron chi connectivity index (χ3n) is 4.03. The lowest BCUT2D eigenvalue weighted by Gasteiger charge is -2.33. The topological polar surface area (TPSA) is 39.6 Å². The Kier molecular flexibility index (Phi) is 4.18. The summed E-state index contributed by atoms with van der Waals surface area (Å²) in [6.07, 6.45) is 1.17. The van der Waals surface area contributed by atoms with Gasteiger partial charge in [-0.1, -0.05) is 36.4 Å². The summed E-state index contributed by atoms with van der Waals surface area (Å²) < 4.78 is 0. The van der Waals surface area contributed by atoms with Gasteiger partial charge in [0.1, 0.15) is 11.9 Å². The first-order valence-corrected chi connectivity index (χ1v) is 7.36. The van der Waals surface area contributed by atoms with Crippen molar-refractivity contribution in [3.63, 3.8) is 0 Å². The van der Waals surface area contributed by atoms with Gasteiger partial charge in [0.25, 0.3) is 0 Å². The highest BCUT2D eigenvalue weighted by Crippen LogP contribution is 2.22. The van der Waals surface area contributed by atoms with E-state index in [9.17, 15) is 5.11 Å². The van der Waals surface area contributed by atoms with Gasteiger partial charge >= 0.3 is 0 Å². The van der Waals surface area contributed by atoms with Crippen molar-refractivity contribution < 1.29 is 5.11 Å². The van der Waals surface area contributed by atoms with Crippen LogP contribution in [0.3, 0.4) is 0 Å². The van der Waals surface area contributed by atoms with Crippen molar-refractivity contribution in [2.45, 2.75) is 6.10 Å². The molecule has 1 saturated heterocycles. The third kappa shape index (κ3) is 3.23. The molecule has 0 spiro atoms. The maximum atomic E-state index is 10.4. The van der Waals surface area contributed by atoms with Crippen molar-refractivity contribution in [3.05, 3.63) is 59.8 Å². The maximum absolute atomic E-state index is 10.4. The molecule has 1 aliphatic rings.